The first kappa shape index (κ1) is 9.37. The fraction of sp³-hybridized carbons (Fsp3) is 0. The zero-order valence-electron chi connectivity index (χ0n) is 5.47. The Hall–Kier alpha value is 0.280. The summed E-state index contributed by atoms with van der Waals surface area (Å²) in [5, 5.41) is 0. The van der Waals surface area contributed by atoms with Crippen LogP contribution in [0.25, 0.3) is 0 Å². The Morgan fingerprint density at radius 3 is 2.00 bits per heavy atom. The smallest absolute Gasteiger partial charge is 0.180 e. The largest absolute Gasteiger partial charge is 0.290 e. The zero-order valence-corrected chi connectivity index (χ0v) is 9.80. The molecule has 0 aliphatic heterocycles. The first-order valence-corrected chi connectivity index (χ1v) is 5.03. The van der Waals surface area contributed by atoms with Crippen LogP contribution in [0.15, 0.2) is 27.1 Å². The lowest BCUT2D eigenvalue weighted by Crippen LogP contribution is -1.90. The topological polar surface area (TPSA) is 17.1 Å². The van der Waals surface area contributed by atoms with Gasteiger partial charge in [-0.2, -0.15) is 0 Å². The molecule has 11 heavy (non-hydrogen) atoms. The third-order valence-corrected chi connectivity index (χ3v) is 2.82. The quantitative estimate of drug-likeness (QED) is 0.727. The van der Waals surface area contributed by atoms with Crippen LogP contribution in [-0.4, -0.2) is 5.52 Å². The molecule has 0 heterocycles. The average molecular weight is 296 g/mol. The minimum absolute atomic E-state index is 0.0237. The summed E-state index contributed by atoms with van der Waals surface area (Å²) in [6, 6.07) is 5.54. The van der Waals surface area contributed by atoms with Crippen molar-refractivity contribution in [3.8, 4) is 0 Å². The molecular weight excluding hydrogens is 291 g/mol. The Morgan fingerprint density at radius 2 is 1.73 bits per heavy atom. The van der Waals surface area contributed by atoms with E-state index >= 15 is 0 Å². The Labute approximate surface area is 84.0 Å². The fourth-order valence-corrected chi connectivity index (χ4v) is 2.86. The van der Waals surface area contributed by atoms with Gasteiger partial charge in [-0.1, -0.05) is 15.3 Å². The van der Waals surface area contributed by atoms with Crippen LogP contribution in [0.5, 0.6) is 0 Å². The van der Waals surface area contributed by atoms with Crippen molar-refractivity contribution < 1.29 is 4.79 Å². The molecule has 1 unspecified atom stereocenters. The molecule has 0 aromatic heterocycles. The zero-order chi connectivity index (χ0) is 8.43. The molecular formula is C7H5Br2OP. The highest BCUT2D eigenvalue weighted by atomic mass is 79.9. The molecule has 0 radical (unpaired) electrons. The van der Waals surface area contributed by atoms with E-state index in [1.54, 1.807) is 0 Å². The van der Waals surface area contributed by atoms with E-state index in [2.05, 4.69) is 41.1 Å². The molecule has 1 rings (SSSR count). The number of hydrogen-bond acceptors (Lipinski definition) is 1. The van der Waals surface area contributed by atoms with Gasteiger partial charge in [0.05, 0.1) is 0 Å². The number of carbonyl (C=O) groups excluding carboxylic acids is 1. The normalized spacial score (nSPS) is 9.73. The SMILES string of the molecule is O=C(P)c1c(Br)cccc1Br. The van der Waals surface area contributed by atoms with Gasteiger partial charge in [0, 0.05) is 14.5 Å². The molecule has 0 amide bonds. The van der Waals surface area contributed by atoms with Crippen molar-refractivity contribution in [1.82, 2.24) is 0 Å². The maximum atomic E-state index is 11.0. The predicted octanol–water partition coefficient (Wildman–Crippen LogP) is 3.23. The van der Waals surface area contributed by atoms with Crippen LogP contribution < -0.4 is 0 Å². The maximum absolute atomic E-state index is 11.0. The van der Waals surface area contributed by atoms with Gasteiger partial charge in [-0.15, -0.1) is 0 Å². The van der Waals surface area contributed by atoms with Crippen molar-refractivity contribution in [3.05, 3.63) is 32.7 Å². The average Bonchev–Trinajstić information content (AvgIpc) is 1.85. The first-order chi connectivity index (χ1) is 5.13. The van der Waals surface area contributed by atoms with E-state index in [0.29, 0.717) is 5.56 Å². The molecule has 4 heteroatoms. The number of benzene rings is 1. The van der Waals surface area contributed by atoms with Crippen LogP contribution in [0.3, 0.4) is 0 Å². The molecule has 0 saturated heterocycles. The van der Waals surface area contributed by atoms with Crippen molar-refractivity contribution in [2.45, 2.75) is 0 Å². The third kappa shape index (κ3) is 2.11. The van der Waals surface area contributed by atoms with Crippen molar-refractivity contribution in [2.75, 3.05) is 0 Å². The highest BCUT2D eigenvalue weighted by Crippen LogP contribution is 2.26. The standard InChI is InChI=1S/C7H5Br2OP/c8-4-2-1-3-5(9)6(4)7(10)11/h1-3H,11H2. The molecule has 0 aliphatic rings. The molecule has 0 saturated carbocycles. The van der Waals surface area contributed by atoms with E-state index in [9.17, 15) is 4.79 Å². The van der Waals surface area contributed by atoms with Crippen LogP contribution in [0, 0.1) is 0 Å². The Balaban J connectivity index is 3.32. The Kier molecular flexibility index (Phi) is 3.23. The van der Waals surface area contributed by atoms with Crippen LogP contribution in [-0.2, 0) is 0 Å². The molecule has 1 nitrogen and oxygen atoms in total. The van der Waals surface area contributed by atoms with Crippen molar-refractivity contribution in [2.24, 2.45) is 0 Å². The molecule has 0 bridgehead atoms. The van der Waals surface area contributed by atoms with Crippen molar-refractivity contribution in [3.63, 3.8) is 0 Å². The van der Waals surface area contributed by atoms with Crippen molar-refractivity contribution >= 4 is 46.6 Å². The number of halogens is 2. The number of carbonyl (C=O) groups is 1. The molecule has 0 N–H and O–H groups in total. The van der Waals surface area contributed by atoms with E-state index in [1.807, 2.05) is 18.2 Å². The summed E-state index contributed by atoms with van der Waals surface area (Å²) in [5.41, 5.74) is 0.641. The van der Waals surface area contributed by atoms with Gasteiger partial charge in [0.1, 0.15) is 0 Å². The van der Waals surface area contributed by atoms with E-state index in [0.717, 1.165) is 8.95 Å². The summed E-state index contributed by atoms with van der Waals surface area (Å²) in [5.74, 6) is 0. The number of hydrogen-bond donors (Lipinski definition) is 0. The van der Waals surface area contributed by atoms with Crippen LogP contribution >= 0.6 is 41.1 Å². The summed E-state index contributed by atoms with van der Waals surface area (Å²) in [6.45, 7) is 0. The lowest BCUT2D eigenvalue weighted by molar-refractivity contribution is 0.108. The summed E-state index contributed by atoms with van der Waals surface area (Å²) in [7, 11) is 2.14. The van der Waals surface area contributed by atoms with Gasteiger partial charge < -0.3 is 0 Å². The second kappa shape index (κ2) is 3.79. The van der Waals surface area contributed by atoms with Gasteiger partial charge in [-0.05, 0) is 44.0 Å². The van der Waals surface area contributed by atoms with Gasteiger partial charge in [0.25, 0.3) is 0 Å². The fourth-order valence-electron chi connectivity index (χ4n) is 0.733. The Morgan fingerprint density at radius 1 is 1.27 bits per heavy atom. The van der Waals surface area contributed by atoms with Gasteiger partial charge in [0.15, 0.2) is 5.52 Å². The molecule has 0 spiro atoms. The second-order valence-electron chi connectivity index (χ2n) is 1.96. The van der Waals surface area contributed by atoms with Gasteiger partial charge in [0.2, 0.25) is 0 Å². The molecule has 58 valence electrons. The molecule has 0 aliphatic carbocycles. The summed E-state index contributed by atoms with van der Waals surface area (Å²) in [4.78, 5) is 11.0. The van der Waals surface area contributed by atoms with E-state index in [4.69, 9.17) is 0 Å². The molecule has 1 aromatic rings. The van der Waals surface area contributed by atoms with Crippen LogP contribution in [0.1, 0.15) is 10.4 Å². The highest BCUT2D eigenvalue weighted by molar-refractivity contribution is 9.11. The van der Waals surface area contributed by atoms with Gasteiger partial charge in [-0.3, -0.25) is 4.79 Å². The van der Waals surface area contributed by atoms with E-state index in [-0.39, 0.29) is 5.52 Å². The second-order valence-corrected chi connectivity index (χ2v) is 4.19. The predicted molar refractivity (Wildman–Crippen MR) is 55.9 cm³/mol. The minimum atomic E-state index is -0.0237. The molecule has 1 aromatic carbocycles. The molecule has 1 atom stereocenters. The summed E-state index contributed by atoms with van der Waals surface area (Å²) in [6.07, 6.45) is 0. The van der Waals surface area contributed by atoms with Gasteiger partial charge >= 0.3 is 0 Å². The van der Waals surface area contributed by atoms with Crippen LogP contribution in [0.4, 0.5) is 0 Å². The monoisotopic (exact) mass is 294 g/mol. The van der Waals surface area contributed by atoms with E-state index in [1.165, 1.54) is 0 Å². The maximum Gasteiger partial charge on any atom is 0.180 e. The lowest BCUT2D eigenvalue weighted by Gasteiger charge is -2.00. The lowest BCUT2D eigenvalue weighted by atomic mass is 10.2. The van der Waals surface area contributed by atoms with Gasteiger partial charge in [-0.25, -0.2) is 0 Å². The first-order valence-electron chi connectivity index (χ1n) is 2.86. The Bertz CT molecular complexity index is 278. The van der Waals surface area contributed by atoms with Crippen molar-refractivity contribution in [1.29, 1.82) is 0 Å². The van der Waals surface area contributed by atoms with E-state index < -0.39 is 0 Å². The number of rotatable bonds is 1. The van der Waals surface area contributed by atoms with Crippen LogP contribution in [0.2, 0.25) is 0 Å². The minimum Gasteiger partial charge on any atom is -0.290 e. The summed E-state index contributed by atoms with van der Waals surface area (Å²) >= 11 is 6.57. The highest BCUT2D eigenvalue weighted by Gasteiger charge is 2.07. The third-order valence-electron chi connectivity index (χ3n) is 1.21. The molecule has 0 fully saturated rings. The summed E-state index contributed by atoms with van der Waals surface area (Å²) < 4.78 is 1.62.